The number of rotatable bonds is 3. The lowest BCUT2D eigenvalue weighted by Crippen LogP contribution is -2.26. The Balaban J connectivity index is 0.00000113. The molecule has 2 aliphatic heterocycles. The van der Waals surface area contributed by atoms with Gasteiger partial charge in [0.2, 0.25) is 0 Å². The van der Waals surface area contributed by atoms with E-state index in [-0.39, 0.29) is 24.8 Å². The van der Waals surface area contributed by atoms with E-state index in [0.717, 1.165) is 51.4 Å². The van der Waals surface area contributed by atoms with Gasteiger partial charge in [0.1, 0.15) is 11.6 Å². The number of anilines is 1. The number of hydrogen-bond donors (Lipinski definition) is 2. The molecule has 25 heavy (non-hydrogen) atoms. The van der Waals surface area contributed by atoms with Gasteiger partial charge in [-0.15, -0.1) is 24.8 Å². The van der Waals surface area contributed by atoms with Crippen molar-refractivity contribution in [3.63, 3.8) is 0 Å². The highest BCUT2D eigenvalue weighted by atomic mass is 35.5. The number of nitrogens with zero attached hydrogens (tertiary/aromatic N) is 3. The van der Waals surface area contributed by atoms with E-state index in [2.05, 4.69) is 10.2 Å². The Morgan fingerprint density at radius 1 is 1.04 bits per heavy atom. The first-order valence-electron chi connectivity index (χ1n) is 9.40. The molecule has 2 fully saturated rings. The minimum absolute atomic E-state index is 0. The molecule has 1 aromatic rings. The lowest BCUT2D eigenvalue weighted by molar-refractivity contribution is 0.601. The van der Waals surface area contributed by atoms with Crippen LogP contribution >= 0.6 is 24.8 Å². The van der Waals surface area contributed by atoms with Crippen molar-refractivity contribution in [1.29, 1.82) is 0 Å². The van der Waals surface area contributed by atoms with Gasteiger partial charge in [-0.2, -0.15) is 0 Å². The molecule has 0 aromatic carbocycles. The average molecular weight is 388 g/mol. The zero-order valence-corrected chi connectivity index (χ0v) is 16.5. The standard InChI is InChI=1S/C18H29N5.2ClH/c19-11-13-7-10-23(12-13)18-15-5-8-20-9-6-16(15)21-17(22-18)14-3-1-2-4-14;;/h13-14,20H,1-12,19H2;2*1H. The maximum atomic E-state index is 5.90. The number of halogens is 2. The zero-order chi connectivity index (χ0) is 15.6. The highest BCUT2D eigenvalue weighted by Crippen LogP contribution is 2.35. The van der Waals surface area contributed by atoms with Gasteiger partial charge >= 0.3 is 0 Å². The van der Waals surface area contributed by atoms with Crippen LogP contribution in [0.25, 0.3) is 0 Å². The summed E-state index contributed by atoms with van der Waals surface area (Å²) < 4.78 is 0. The molecule has 1 unspecified atom stereocenters. The highest BCUT2D eigenvalue weighted by molar-refractivity contribution is 5.85. The summed E-state index contributed by atoms with van der Waals surface area (Å²) >= 11 is 0. The molecule has 0 bridgehead atoms. The van der Waals surface area contributed by atoms with E-state index in [1.165, 1.54) is 49.2 Å². The van der Waals surface area contributed by atoms with Gasteiger partial charge in [-0.3, -0.25) is 0 Å². The quantitative estimate of drug-likeness (QED) is 0.833. The van der Waals surface area contributed by atoms with Crippen LogP contribution in [0.15, 0.2) is 0 Å². The number of nitrogens with one attached hydrogen (secondary N) is 1. The van der Waals surface area contributed by atoms with Crippen molar-refractivity contribution in [3.8, 4) is 0 Å². The van der Waals surface area contributed by atoms with Crippen molar-refractivity contribution in [1.82, 2.24) is 15.3 Å². The third kappa shape index (κ3) is 4.38. The van der Waals surface area contributed by atoms with Gasteiger partial charge < -0.3 is 16.0 Å². The summed E-state index contributed by atoms with van der Waals surface area (Å²) in [4.78, 5) is 12.6. The average Bonchev–Trinajstić information content (AvgIpc) is 3.22. The van der Waals surface area contributed by atoms with E-state index < -0.39 is 0 Å². The van der Waals surface area contributed by atoms with Crippen LogP contribution in [0.3, 0.4) is 0 Å². The van der Waals surface area contributed by atoms with Crippen LogP contribution in [0.1, 0.15) is 55.1 Å². The Morgan fingerprint density at radius 3 is 2.52 bits per heavy atom. The number of nitrogens with two attached hydrogens (primary N) is 1. The van der Waals surface area contributed by atoms with Crippen LogP contribution in [0, 0.1) is 5.92 Å². The summed E-state index contributed by atoms with van der Waals surface area (Å²) in [5, 5.41) is 3.51. The highest BCUT2D eigenvalue weighted by Gasteiger charge is 2.29. The molecular formula is C18H31Cl2N5. The van der Waals surface area contributed by atoms with Crippen molar-refractivity contribution in [2.75, 3.05) is 37.6 Å². The van der Waals surface area contributed by atoms with Crippen LogP contribution in [-0.2, 0) is 12.8 Å². The minimum atomic E-state index is 0. The number of fused-ring (bicyclic) bond motifs is 1. The maximum Gasteiger partial charge on any atom is 0.135 e. The lowest BCUT2D eigenvalue weighted by Gasteiger charge is -2.24. The van der Waals surface area contributed by atoms with Crippen LogP contribution in [0.2, 0.25) is 0 Å². The van der Waals surface area contributed by atoms with Gasteiger partial charge in [-0.05, 0) is 44.7 Å². The van der Waals surface area contributed by atoms with Gasteiger partial charge in [0, 0.05) is 37.5 Å². The Morgan fingerprint density at radius 2 is 1.80 bits per heavy atom. The largest absolute Gasteiger partial charge is 0.356 e. The Labute approximate surface area is 163 Å². The van der Waals surface area contributed by atoms with Crippen LogP contribution in [-0.4, -0.2) is 42.7 Å². The molecule has 3 heterocycles. The van der Waals surface area contributed by atoms with Crippen molar-refractivity contribution in [2.24, 2.45) is 11.7 Å². The second-order valence-electron chi connectivity index (χ2n) is 7.40. The van der Waals surface area contributed by atoms with E-state index >= 15 is 0 Å². The molecule has 7 heteroatoms. The van der Waals surface area contributed by atoms with E-state index in [9.17, 15) is 0 Å². The normalized spacial score (nSPS) is 23.6. The van der Waals surface area contributed by atoms with Gasteiger partial charge in [-0.1, -0.05) is 12.8 Å². The fourth-order valence-corrected chi connectivity index (χ4v) is 4.39. The molecule has 5 nitrogen and oxygen atoms in total. The summed E-state index contributed by atoms with van der Waals surface area (Å²) in [7, 11) is 0. The lowest BCUT2D eigenvalue weighted by atomic mass is 10.0. The van der Waals surface area contributed by atoms with Gasteiger partial charge in [0.05, 0.1) is 5.69 Å². The molecule has 1 aliphatic carbocycles. The first-order chi connectivity index (χ1) is 11.3. The topological polar surface area (TPSA) is 67.1 Å². The third-order valence-corrected chi connectivity index (χ3v) is 5.82. The summed E-state index contributed by atoms with van der Waals surface area (Å²) in [5.74, 6) is 3.56. The van der Waals surface area contributed by atoms with Crippen molar-refractivity contribution in [3.05, 3.63) is 17.1 Å². The SMILES string of the molecule is Cl.Cl.NCC1CCN(c2nc(C3CCCC3)nc3c2CCNCC3)C1. The Bertz CT molecular complexity index is 563. The first kappa shape index (κ1) is 20.7. The molecule has 1 saturated heterocycles. The first-order valence-corrected chi connectivity index (χ1v) is 9.40. The van der Waals surface area contributed by atoms with Crippen LogP contribution < -0.4 is 16.0 Å². The van der Waals surface area contributed by atoms with Crippen molar-refractivity contribution >= 4 is 30.6 Å². The molecule has 0 amide bonds. The summed E-state index contributed by atoms with van der Waals surface area (Å²) in [5.41, 5.74) is 8.60. The molecule has 4 rings (SSSR count). The zero-order valence-electron chi connectivity index (χ0n) is 14.9. The minimum Gasteiger partial charge on any atom is -0.356 e. The predicted molar refractivity (Wildman–Crippen MR) is 107 cm³/mol. The monoisotopic (exact) mass is 387 g/mol. The van der Waals surface area contributed by atoms with E-state index in [0.29, 0.717) is 11.8 Å². The fraction of sp³-hybridized carbons (Fsp3) is 0.778. The number of hydrogen-bond acceptors (Lipinski definition) is 5. The maximum absolute atomic E-state index is 5.90. The second kappa shape index (κ2) is 9.36. The molecule has 1 aromatic heterocycles. The molecule has 1 atom stereocenters. The van der Waals surface area contributed by atoms with E-state index in [1.54, 1.807) is 0 Å². The third-order valence-electron chi connectivity index (χ3n) is 5.82. The molecule has 0 radical (unpaired) electrons. The molecule has 3 N–H and O–H groups in total. The van der Waals surface area contributed by atoms with Crippen molar-refractivity contribution < 1.29 is 0 Å². The predicted octanol–water partition coefficient (Wildman–Crippen LogP) is 2.45. The fourth-order valence-electron chi connectivity index (χ4n) is 4.39. The van der Waals surface area contributed by atoms with Gasteiger partial charge in [0.25, 0.3) is 0 Å². The molecule has 142 valence electrons. The molecular weight excluding hydrogens is 357 g/mol. The Hall–Kier alpha value is -0.620. The summed E-state index contributed by atoms with van der Waals surface area (Å²) in [6, 6.07) is 0. The summed E-state index contributed by atoms with van der Waals surface area (Å²) in [6.07, 6.45) is 8.50. The molecule has 0 spiro atoms. The van der Waals surface area contributed by atoms with Crippen LogP contribution in [0.5, 0.6) is 0 Å². The van der Waals surface area contributed by atoms with Gasteiger partial charge in [0.15, 0.2) is 0 Å². The second-order valence-corrected chi connectivity index (χ2v) is 7.40. The van der Waals surface area contributed by atoms with E-state index in [1.807, 2.05) is 0 Å². The molecule has 3 aliphatic rings. The number of aromatic nitrogens is 2. The summed E-state index contributed by atoms with van der Waals surface area (Å²) in [6.45, 7) is 5.04. The molecule has 1 saturated carbocycles. The van der Waals surface area contributed by atoms with Crippen LogP contribution in [0.4, 0.5) is 5.82 Å². The Kier molecular flexibility index (Phi) is 7.74. The van der Waals surface area contributed by atoms with Gasteiger partial charge in [-0.25, -0.2) is 9.97 Å². The van der Waals surface area contributed by atoms with E-state index in [4.69, 9.17) is 15.7 Å². The van der Waals surface area contributed by atoms with Crippen molar-refractivity contribution in [2.45, 2.75) is 50.9 Å². The smallest absolute Gasteiger partial charge is 0.135 e.